The van der Waals surface area contributed by atoms with Crippen molar-refractivity contribution in [2.24, 2.45) is 0 Å². The third-order valence-electron chi connectivity index (χ3n) is 5.57. The maximum atomic E-state index is 14.4. The summed E-state index contributed by atoms with van der Waals surface area (Å²) in [7, 11) is 0. The molecule has 0 unspecified atom stereocenters. The number of halogens is 2. The van der Waals surface area contributed by atoms with Crippen molar-refractivity contribution in [2.75, 3.05) is 11.4 Å². The molecule has 0 bridgehead atoms. The lowest BCUT2D eigenvalue weighted by molar-refractivity contribution is -0.122. The molecule has 1 atom stereocenters. The summed E-state index contributed by atoms with van der Waals surface area (Å²) in [5.41, 5.74) is 1.15. The SMILES string of the molecule is O=C1CCc2c(F)cc(N3CC[C@@H](Oc4ccc(Oc5ccc(F)cc5)nc4)C3=O)cc21. The number of hydrogen-bond acceptors (Lipinski definition) is 5. The lowest BCUT2D eigenvalue weighted by Gasteiger charge is -2.18. The molecule has 6 nitrogen and oxygen atoms in total. The number of hydrogen-bond donors (Lipinski definition) is 0. The normalized spacial score (nSPS) is 17.6. The Morgan fingerprint density at radius 2 is 1.75 bits per heavy atom. The van der Waals surface area contributed by atoms with Crippen LogP contribution in [0.1, 0.15) is 28.8 Å². The fraction of sp³-hybridized carbons (Fsp3) is 0.208. The van der Waals surface area contributed by atoms with Gasteiger partial charge in [-0.3, -0.25) is 9.59 Å². The Morgan fingerprint density at radius 1 is 0.969 bits per heavy atom. The van der Waals surface area contributed by atoms with Gasteiger partial charge in [0.25, 0.3) is 5.91 Å². The fourth-order valence-corrected chi connectivity index (χ4v) is 3.96. The number of pyridine rings is 1. The highest BCUT2D eigenvalue weighted by Gasteiger charge is 2.36. The maximum Gasteiger partial charge on any atom is 0.268 e. The lowest BCUT2D eigenvalue weighted by Crippen LogP contribution is -2.32. The van der Waals surface area contributed by atoms with Gasteiger partial charge in [-0.15, -0.1) is 0 Å². The van der Waals surface area contributed by atoms with Gasteiger partial charge in [-0.2, -0.15) is 0 Å². The summed E-state index contributed by atoms with van der Waals surface area (Å²) >= 11 is 0. The van der Waals surface area contributed by atoms with Crippen LogP contribution in [-0.4, -0.2) is 29.3 Å². The Labute approximate surface area is 182 Å². The van der Waals surface area contributed by atoms with Crippen molar-refractivity contribution in [3.05, 3.63) is 77.5 Å². The van der Waals surface area contributed by atoms with Crippen molar-refractivity contribution in [3.8, 4) is 17.4 Å². The molecule has 1 aliphatic heterocycles. The summed E-state index contributed by atoms with van der Waals surface area (Å²) in [6.07, 6.45) is 1.80. The summed E-state index contributed by atoms with van der Waals surface area (Å²) in [5.74, 6) is -0.113. The minimum absolute atomic E-state index is 0.103. The Morgan fingerprint density at radius 3 is 2.50 bits per heavy atom. The fourth-order valence-electron chi connectivity index (χ4n) is 3.96. The molecule has 1 amide bonds. The van der Waals surface area contributed by atoms with E-state index < -0.39 is 11.9 Å². The van der Waals surface area contributed by atoms with E-state index in [4.69, 9.17) is 9.47 Å². The topological polar surface area (TPSA) is 68.7 Å². The molecular formula is C24H18F2N2O4. The van der Waals surface area contributed by atoms with Gasteiger partial charge in [0.15, 0.2) is 11.9 Å². The van der Waals surface area contributed by atoms with Crippen LogP contribution in [0.4, 0.5) is 14.5 Å². The van der Waals surface area contributed by atoms with Crippen LogP contribution < -0.4 is 14.4 Å². The maximum absolute atomic E-state index is 14.4. The molecular weight excluding hydrogens is 418 g/mol. The van der Waals surface area contributed by atoms with Gasteiger partial charge >= 0.3 is 0 Å². The number of Topliss-reactive ketones (excluding diaryl/α,β-unsaturated/α-hetero) is 1. The van der Waals surface area contributed by atoms with E-state index in [1.807, 2.05) is 0 Å². The predicted octanol–water partition coefficient (Wildman–Crippen LogP) is 4.47. The zero-order valence-corrected chi connectivity index (χ0v) is 16.9. The van der Waals surface area contributed by atoms with Gasteiger partial charge in [0.05, 0.1) is 6.20 Å². The van der Waals surface area contributed by atoms with Crippen LogP contribution in [0, 0.1) is 11.6 Å². The first kappa shape index (κ1) is 20.1. The van der Waals surface area contributed by atoms with E-state index in [1.165, 1.54) is 41.4 Å². The van der Waals surface area contributed by atoms with Gasteiger partial charge < -0.3 is 14.4 Å². The molecule has 2 heterocycles. The number of aromatic nitrogens is 1. The molecule has 0 radical (unpaired) electrons. The van der Waals surface area contributed by atoms with Crippen LogP contribution in [0.2, 0.25) is 0 Å². The van der Waals surface area contributed by atoms with Crippen LogP contribution in [-0.2, 0) is 11.2 Å². The van der Waals surface area contributed by atoms with E-state index in [0.29, 0.717) is 60.0 Å². The summed E-state index contributed by atoms with van der Waals surface area (Å²) < 4.78 is 38.7. The van der Waals surface area contributed by atoms with Crippen molar-refractivity contribution >= 4 is 17.4 Å². The van der Waals surface area contributed by atoms with E-state index in [0.717, 1.165) is 0 Å². The average Bonchev–Trinajstić information content (AvgIpc) is 3.34. The van der Waals surface area contributed by atoms with Crippen LogP contribution in [0.15, 0.2) is 54.7 Å². The van der Waals surface area contributed by atoms with Crippen molar-refractivity contribution in [1.29, 1.82) is 0 Å². The van der Waals surface area contributed by atoms with E-state index in [2.05, 4.69) is 4.98 Å². The Hall–Kier alpha value is -3.81. The average molecular weight is 436 g/mol. The zero-order valence-electron chi connectivity index (χ0n) is 16.9. The minimum atomic E-state index is -0.743. The van der Waals surface area contributed by atoms with Gasteiger partial charge in [-0.05, 0) is 54.4 Å². The number of rotatable bonds is 5. The van der Waals surface area contributed by atoms with Crippen LogP contribution in [0.5, 0.6) is 17.4 Å². The summed E-state index contributed by atoms with van der Waals surface area (Å²) in [6.45, 7) is 0.356. The van der Waals surface area contributed by atoms with Gasteiger partial charge in [-0.1, -0.05) is 0 Å². The molecule has 5 rings (SSSR count). The molecule has 1 aromatic heterocycles. The number of anilines is 1. The molecule has 1 aliphatic carbocycles. The molecule has 0 spiro atoms. The summed E-state index contributed by atoms with van der Waals surface area (Å²) in [6, 6.07) is 11.6. The molecule has 0 N–H and O–H groups in total. The molecule has 8 heteroatoms. The number of fused-ring (bicyclic) bond motifs is 1. The first-order chi connectivity index (χ1) is 15.5. The number of nitrogens with zero attached hydrogens (tertiary/aromatic N) is 2. The van der Waals surface area contributed by atoms with Gasteiger partial charge in [0.2, 0.25) is 5.88 Å². The number of carbonyl (C=O) groups excluding carboxylic acids is 2. The van der Waals surface area contributed by atoms with E-state index in [9.17, 15) is 18.4 Å². The molecule has 2 aliphatic rings. The van der Waals surface area contributed by atoms with Crippen LogP contribution >= 0.6 is 0 Å². The number of ether oxygens (including phenoxy) is 2. The quantitative estimate of drug-likeness (QED) is 0.591. The minimum Gasteiger partial charge on any atom is -0.479 e. The number of benzene rings is 2. The van der Waals surface area contributed by atoms with Gasteiger partial charge in [0, 0.05) is 36.7 Å². The first-order valence-electron chi connectivity index (χ1n) is 10.2. The predicted molar refractivity (Wildman–Crippen MR) is 111 cm³/mol. The van der Waals surface area contributed by atoms with Gasteiger partial charge in [0.1, 0.15) is 23.1 Å². The first-order valence-corrected chi connectivity index (χ1v) is 10.2. The second kappa shape index (κ2) is 8.03. The Kier molecular flexibility index (Phi) is 5.05. The number of ketones is 1. The summed E-state index contributed by atoms with van der Waals surface area (Å²) in [4.78, 5) is 30.4. The van der Waals surface area contributed by atoms with Crippen molar-refractivity contribution in [2.45, 2.75) is 25.4 Å². The highest BCUT2D eigenvalue weighted by Crippen LogP contribution is 2.32. The lowest BCUT2D eigenvalue weighted by atomic mass is 10.1. The third kappa shape index (κ3) is 3.79. The number of carbonyl (C=O) groups is 2. The Balaban J connectivity index is 1.26. The zero-order chi connectivity index (χ0) is 22.2. The van der Waals surface area contributed by atoms with Crippen molar-refractivity contribution in [1.82, 2.24) is 4.98 Å². The molecule has 162 valence electrons. The van der Waals surface area contributed by atoms with Crippen LogP contribution in [0.25, 0.3) is 0 Å². The third-order valence-corrected chi connectivity index (χ3v) is 5.57. The molecule has 32 heavy (non-hydrogen) atoms. The molecule has 0 saturated carbocycles. The van der Waals surface area contributed by atoms with Gasteiger partial charge in [-0.25, -0.2) is 13.8 Å². The van der Waals surface area contributed by atoms with Crippen LogP contribution in [0.3, 0.4) is 0 Å². The molecule has 1 fully saturated rings. The van der Waals surface area contributed by atoms with E-state index >= 15 is 0 Å². The molecule has 1 saturated heterocycles. The molecule has 3 aromatic rings. The van der Waals surface area contributed by atoms with E-state index in [1.54, 1.807) is 18.2 Å². The largest absolute Gasteiger partial charge is 0.479 e. The van der Waals surface area contributed by atoms with Crippen molar-refractivity contribution < 1.29 is 27.8 Å². The second-order valence-electron chi connectivity index (χ2n) is 7.65. The standard InChI is InChI=1S/C24H18F2N2O4/c25-14-1-3-16(4-2-14)32-23-8-5-17(13-27-23)31-22-9-10-28(24(22)30)15-11-19-18(20(26)12-15)6-7-21(19)29/h1-5,8,11-13,22H,6-7,9-10H2/t22-/m1/s1. The Bertz CT molecular complexity index is 1200. The van der Waals surface area contributed by atoms with Crippen molar-refractivity contribution in [3.63, 3.8) is 0 Å². The molecule has 2 aromatic carbocycles. The second-order valence-corrected chi connectivity index (χ2v) is 7.65. The summed E-state index contributed by atoms with van der Waals surface area (Å²) in [5, 5.41) is 0. The number of amides is 1. The van der Waals surface area contributed by atoms with E-state index in [-0.39, 0.29) is 17.5 Å². The highest BCUT2D eigenvalue weighted by atomic mass is 19.1. The smallest absolute Gasteiger partial charge is 0.268 e. The highest BCUT2D eigenvalue weighted by molar-refractivity contribution is 6.04. The monoisotopic (exact) mass is 436 g/mol.